The Morgan fingerprint density at radius 2 is 1.83 bits per heavy atom. The smallest absolute Gasteiger partial charge is 0.338 e. The maximum atomic E-state index is 12.6. The van der Waals surface area contributed by atoms with Gasteiger partial charge < -0.3 is 15.1 Å². The maximum absolute atomic E-state index is 12.6. The van der Waals surface area contributed by atoms with Crippen LogP contribution >= 0.6 is 0 Å². The van der Waals surface area contributed by atoms with Gasteiger partial charge in [0.25, 0.3) is 5.56 Å². The van der Waals surface area contributed by atoms with Crippen LogP contribution in [-0.2, 0) is 11.2 Å². The molecule has 2 aromatic carbocycles. The molecule has 0 fully saturated rings. The zero-order valence-electron chi connectivity index (χ0n) is 16.5. The third kappa shape index (κ3) is 4.66. The molecule has 29 heavy (non-hydrogen) atoms. The Balaban J connectivity index is 1.99. The number of benzene rings is 2. The Morgan fingerprint density at radius 3 is 2.52 bits per heavy atom. The Bertz CT molecular complexity index is 1170. The van der Waals surface area contributed by atoms with E-state index >= 15 is 0 Å². The van der Waals surface area contributed by atoms with Crippen LogP contribution in [0.3, 0.4) is 0 Å². The van der Waals surface area contributed by atoms with Crippen molar-refractivity contribution in [3.63, 3.8) is 0 Å². The summed E-state index contributed by atoms with van der Waals surface area (Å²) >= 11 is 0. The van der Waals surface area contributed by atoms with Gasteiger partial charge >= 0.3 is 5.97 Å². The summed E-state index contributed by atoms with van der Waals surface area (Å²) < 4.78 is 5.44. The monoisotopic (exact) mass is 390 g/mol. The minimum Gasteiger partial charge on any atom is -0.456 e. The van der Waals surface area contributed by atoms with Crippen LogP contribution < -0.4 is 5.56 Å². The Labute approximate surface area is 168 Å². The number of H-pyrrole nitrogens is 1. The highest BCUT2D eigenvalue weighted by Gasteiger charge is 2.22. The van der Waals surface area contributed by atoms with Gasteiger partial charge in [-0.3, -0.25) is 9.59 Å². The molecule has 0 unspecified atom stereocenters. The number of hydrogen-bond donors (Lipinski definition) is 2. The summed E-state index contributed by atoms with van der Waals surface area (Å²) in [5.74, 6) is -0.537. The normalized spacial score (nSPS) is 11.3. The fourth-order valence-corrected chi connectivity index (χ4v) is 3.02. The topological polar surface area (TPSA) is 100 Å². The van der Waals surface area contributed by atoms with Gasteiger partial charge in [0, 0.05) is 23.2 Å². The molecule has 0 radical (unpaired) electrons. The molecule has 0 saturated heterocycles. The predicted molar refractivity (Wildman–Crippen MR) is 112 cm³/mol. The second-order valence-corrected chi connectivity index (χ2v) is 7.79. The molecule has 0 aliphatic heterocycles. The standard InChI is InChI=1S/C23H22N2O4/c1-23(2,3)29-22(28)17-9-8-14(13-26)10-16(17)12-19(24)18-11-15-6-4-5-7-20(15)25-21(18)27/h4-11,13,24H,12H2,1-3H3,(H,25,27). The summed E-state index contributed by atoms with van der Waals surface area (Å²) in [7, 11) is 0. The van der Waals surface area contributed by atoms with Crippen LogP contribution in [-0.4, -0.2) is 28.6 Å². The molecule has 0 spiro atoms. The maximum Gasteiger partial charge on any atom is 0.338 e. The first-order valence-corrected chi connectivity index (χ1v) is 9.19. The van der Waals surface area contributed by atoms with E-state index < -0.39 is 11.6 Å². The van der Waals surface area contributed by atoms with Gasteiger partial charge in [-0.15, -0.1) is 0 Å². The average Bonchev–Trinajstić information content (AvgIpc) is 2.65. The number of carbonyl (C=O) groups is 2. The van der Waals surface area contributed by atoms with Crippen LogP contribution in [0.25, 0.3) is 10.9 Å². The van der Waals surface area contributed by atoms with Gasteiger partial charge in [0.15, 0.2) is 0 Å². The molecule has 0 aliphatic rings. The summed E-state index contributed by atoms with van der Waals surface area (Å²) in [5.41, 5.74) is 1.01. The lowest BCUT2D eigenvalue weighted by Crippen LogP contribution is -2.25. The van der Waals surface area contributed by atoms with E-state index in [4.69, 9.17) is 10.1 Å². The molecule has 0 aliphatic carbocycles. The molecule has 0 saturated carbocycles. The average molecular weight is 390 g/mol. The van der Waals surface area contributed by atoms with E-state index in [2.05, 4.69) is 4.98 Å². The third-order valence-corrected chi connectivity index (χ3v) is 4.33. The number of pyridine rings is 1. The van der Waals surface area contributed by atoms with Crippen molar-refractivity contribution < 1.29 is 14.3 Å². The number of para-hydroxylation sites is 1. The van der Waals surface area contributed by atoms with Crippen molar-refractivity contribution >= 4 is 28.9 Å². The van der Waals surface area contributed by atoms with Crippen LogP contribution in [0, 0.1) is 5.41 Å². The van der Waals surface area contributed by atoms with E-state index in [9.17, 15) is 14.4 Å². The van der Waals surface area contributed by atoms with E-state index in [1.165, 1.54) is 12.1 Å². The largest absolute Gasteiger partial charge is 0.456 e. The quantitative estimate of drug-likeness (QED) is 0.392. The Kier molecular flexibility index (Phi) is 5.46. The molecule has 6 heteroatoms. The van der Waals surface area contributed by atoms with Gasteiger partial charge in [-0.2, -0.15) is 0 Å². The van der Waals surface area contributed by atoms with Crippen molar-refractivity contribution in [1.29, 1.82) is 5.41 Å². The molecule has 148 valence electrons. The molecule has 0 atom stereocenters. The highest BCUT2D eigenvalue weighted by atomic mass is 16.6. The Morgan fingerprint density at radius 1 is 1.10 bits per heavy atom. The lowest BCUT2D eigenvalue weighted by molar-refractivity contribution is 0.00684. The zero-order chi connectivity index (χ0) is 21.2. The van der Waals surface area contributed by atoms with Gasteiger partial charge in [0.2, 0.25) is 0 Å². The fraction of sp³-hybridized carbons (Fsp3) is 0.217. The number of fused-ring (bicyclic) bond motifs is 1. The number of aromatic amines is 1. The van der Waals surface area contributed by atoms with Crippen LogP contribution in [0.1, 0.15) is 52.6 Å². The predicted octanol–water partition coefficient (Wildman–Crippen LogP) is 3.91. The second kappa shape index (κ2) is 7.83. The number of carbonyl (C=O) groups excluding carboxylic acids is 2. The summed E-state index contributed by atoms with van der Waals surface area (Å²) in [6, 6.07) is 13.6. The molecular formula is C23H22N2O4. The van der Waals surface area contributed by atoms with Crippen LogP contribution in [0.15, 0.2) is 53.3 Å². The summed E-state index contributed by atoms with van der Waals surface area (Å²) in [6.45, 7) is 5.29. The number of hydrogen-bond acceptors (Lipinski definition) is 5. The van der Waals surface area contributed by atoms with Gasteiger partial charge in [0.05, 0.1) is 11.1 Å². The van der Waals surface area contributed by atoms with E-state index in [1.54, 1.807) is 39.0 Å². The molecule has 0 amide bonds. The SMILES string of the molecule is CC(C)(C)OC(=O)c1ccc(C=O)cc1CC(=N)c1cc2ccccc2[nH]c1=O. The van der Waals surface area contributed by atoms with Crippen LogP contribution in [0.5, 0.6) is 0 Å². The van der Waals surface area contributed by atoms with Gasteiger partial charge in [0.1, 0.15) is 11.9 Å². The summed E-state index contributed by atoms with van der Waals surface area (Å²) in [4.78, 5) is 39.0. The number of ether oxygens (including phenoxy) is 1. The van der Waals surface area contributed by atoms with Crippen molar-refractivity contribution in [2.45, 2.75) is 32.8 Å². The van der Waals surface area contributed by atoms with Crippen molar-refractivity contribution in [2.24, 2.45) is 0 Å². The number of rotatable bonds is 5. The summed E-state index contributed by atoms with van der Waals surface area (Å²) in [5, 5.41) is 9.27. The molecule has 1 aromatic heterocycles. The van der Waals surface area contributed by atoms with E-state index in [1.807, 2.05) is 18.2 Å². The zero-order valence-corrected chi connectivity index (χ0v) is 16.5. The fourth-order valence-electron chi connectivity index (χ4n) is 3.02. The van der Waals surface area contributed by atoms with Crippen LogP contribution in [0.2, 0.25) is 0 Å². The highest BCUT2D eigenvalue weighted by Crippen LogP contribution is 2.19. The summed E-state index contributed by atoms with van der Waals surface area (Å²) in [6.07, 6.45) is 0.687. The number of nitrogens with one attached hydrogen (secondary N) is 2. The molecular weight excluding hydrogens is 368 g/mol. The van der Waals surface area contributed by atoms with Gasteiger partial charge in [-0.1, -0.05) is 24.3 Å². The minimum atomic E-state index is -0.680. The Hall–Kier alpha value is -3.54. The van der Waals surface area contributed by atoms with Crippen LogP contribution in [0.4, 0.5) is 0 Å². The highest BCUT2D eigenvalue weighted by molar-refractivity contribution is 6.03. The molecule has 1 heterocycles. The second-order valence-electron chi connectivity index (χ2n) is 7.79. The lowest BCUT2D eigenvalue weighted by Gasteiger charge is -2.20. The van der Waals surface area contributed by atoms with Crippen molar-refractivity contribution in [2.75, 3.05) is 0 Å². The first-order chi connectivity index (χ1) is 13.7. The van der Waals surface area contributed by atoms with Crippen molar-refractivity contribution in [3.05, 3.63) is 81.1 Å². The first kappa shape index (κ1) is 20.2. The van der Waals surface area contributed by atoms with E-state index in [0.29, 0.717) is 22.9 Å². The molecule has 3 aromatic rings. The van der Waals surface area contributed by atoms with Crippen molar-refractivity contribution in [3.8, 4) is 0 Å². The number of aromatic nitrogens is 1. The third-order valence-electron chi connectivity index (χ3n) is 4.33. The molecule has 3 rings (SSSR count). The molecule has 2 N–H and O–H groups in total. The van der Waals surface area contributed by atoms with E-state index in [0.717, 1.165) is 5.39 Å². The van der Waals surface area contributed by atoms with Crippen molar-refractivity contribution in [1.82, 2.24) is 4.98 Å². The number of aldehydes is 1. The van der Waals surface area contributed by atoms with Gasteiger partial charge in [-0.05, 0) is 56.0 Å². The molecule has 0 bridgehead atoms. The lowest BCUT2D eigenvalue weighted by atomic mass is 9.96. The molecule has 6 nitrogen and oxygen atoms in total. The minimum absolute atomic E-state index is 0.0116. The van der Waals surface area contributed by atoms with Gasteiger partial charge in [-0.25, -0.2) is 4.79 Å². The number of esters is 1. The first-order valence-electron chi connectivity index (χ1n) is 9.19. The van der Waals surface area contributed by atoms with E-state index in [-0.39, 0.29) is 28.8 Å².